The van der Waals surface area contributed by atoms with Gasteiger partial charge < -0.3 is 15.4 Å². The van der Waals surface area contributed by atoms with Gasteiger partial charge in [-0.1, -0.05) is 24.4 Å². The second kappa shape index (κ2) is 9.21. The van der Waals surface area contributed by atoms with Crippen LogP contribution in [0.3, 0.4) is 0 Å². The van der Waals surface area contributed by atoms with E-state index < -0.39 is 28.1 Å². The van der Waals surface area contributed by atoms with Gasteiger partial charge in [-0.25, -0.2) is 8.42 Å². The van der Waals surface area contributed by atoms with Crippen molar-refractivity contribution in [3.8, 4) is 0 Å². The Morgan fingerprint density at radius 2 is 1.79 bits per heavy atom. The molecule has 28 heavy (non-hydrogen) atoms. The molecule has 2 aliphatic rings. The molecular formula is C18H24ClN3O5S. The van der Waals surface area contributed by atoms with Gasteiger partial charge in [-0.3, -0.25) is 9.59 Å². The smallest absolute Gasteiger partial charge is 0.309 e. The van der Waals surface area contributed by atoms with Crippen molar-refractivity contribution in [1.29, 1.82) is 0 Å². The van der Waals surface area contributed by atoms with E-state index in [0.717, 1.165) is 25.7 Å². The van der Waals surface area contributed by atoms with Gasteiger partial charge in [-0.15, -0.1) is 0 Å². The summed E-state index contributed by atoms with van der Waals surface area (Å²) in [5.74, 6) is -1.49. The van der Waals surface area contributed by atoms with Gasteiger partial charge in [-0.05, 0) is 43.5 Å². The molecule has 3 rings (SSSR count). The Kier molecular flexibility index (Phi) is 6.92. The Morgan fingerprint density at radius 1 is 1.11 bits per heavy atom. The monoisotopic (exact) mass is 429 g/mol. The summed E-state index contributed by atoms with van der Waals surface area (Å²) < 4.78 is 32.6. The molecule has 2 fully saturated rings. The summed E-state index contributed by atoms with van der Waals surface area (Å²) in [6.07, 6.45) is 3.49. The quantitative estimate of drug-likeness (QED) is 0.685. The van der Waals surface area contributed by atoms with E-state index in [1.807, 2.05) is 0 Å². The average molecular weight is 430 g/mol. The first-order valence-corrected chi connectivity index (χ1v) is 11.2. The number of hydrogen-bond acceptors (Lipinski definition) is 5. The molecule has 1 aromatic carbocycles. The van der Waals surface area contributed by atoms with Crippen LogP contribution in [-0.4, -0.2) is 56.5 Å². The van der Waals surface area contributed by atoms with Gasteiger partial charge in [0.15, 0.2) is 0 Å². The number of amides is 2. The molecule has 0 spiro atoms. The number of hydrogen-bond donors (Lipinski definition) is 2. The summed E-state index contributed by atoms with van der Waals surface area (Å²) in [5, 5.41) is 5.62. The van der Waals surface area contributed by atoms with Gasteiger partial charge >= 0.3 is 11.8 Å². The van der Waals surface area contributed by atoms with E-state index in [0.29, 0.717) is 18.1 Å². The maximum Gasteiger partial charge on any atom is 0.309 e. The van der Waals surface area contributed by atoms with E-state index in [1.165, 1.54) is 28.6 Å². The number of halogens is 1. The van der Waals surface area contributed by atoms with E-state index in [1.54, 1.807) is 0 Å². The Labute approximate surface area is 169 Å². The predicted octanol–water partition coefficient (Wildman–Crippen LogP) is 1.25. The van der Waals surface area contributed by atoms with Crippen LogP contribution >= 0.6 is 11.6 Å². The molecule has 1 saturated heterocycles. The van der Waals surface area contributed by atoms with Crippen molar-refractivity contribution in [2.24, 2.45) is 0 Å². The van der Waals surface area contributed by atoms with Crippen molar-refractivity contribution in [1.82, 2.24) is 14.9 Å². The van der Waals surface area contributed by atoms with Crippen molar-refractivity contribution >= 4 is 33.4 Å². The molecule has 2 amide bonds. The van der Waals surface area contributed by atoms with Crippen molar-refractivity contribution in [3.63, 3.8) is 0 Å². The third kappa shape index (κ3) is 5.02. The highest BCUT2D eigenvalue weighted by Gasteiger charge is 2.35. The zero-order valence-corrected chi connectivity index (χ0v) is 17.0. The number of sulfonamides is 1. The lowest BCUT2D eigenvalue weighted by Crippen LogP contribution is -2.53. The molecule has 0 radical (unpaired) electrons. The number of rotatable bonds is 5. The number of nitrogens with one attached hydrogen (secondary N) is 2. The van der Waals surface area contributed by atoms with Crippen LogP contribution < -0.4 is 10.6 Å². The molecule has 2 N–H and O–H groups in total. The third-order valence-corrected chi connectivity index (χ3v) is 7.06. The number of ether oxygens (including phenoxy) is 1. The van der Waals surface area contributed by atoms with E-state index in [4.69, 9.17) is 16.3 Å². The summed E-state index contributed by atoms with van der Waals surface area (Å²) >= 11 is 5.83. The fourth-order valence-electron chi connectivity index (χ4n) is 3.43. The first kappa shape index (κ1) is 21.0. The molecule has 154 valence electrons. The van der Waals surface area contributed by atoms with Gasteiger partial charge in [-0.2, -0.15) is 4.31 Å². The molecule has 1 unspecified atom stereocenters. The van der Waals surface area contributed by atoms with Gasteiger partial charge in [0.05, 0.1) is 18.0 Å². The fourth-order valence-corrected chi connectivity index (χ4v) is 5.12. The number of carbonyl (C=O) groups excluding carboxylic acids is 2. The molecule has 8 nitrogen and oxygen atoms in total. The molecule has 1 saturated carbocycles. The van der Waals surface area contributed by atoms with E-state index >= 15 is 0 Å². The number of benzene rings is 1. The lowest BCUT2D eigenvalue weighted by Gasteiger charge is -2.34. The van der Waals surface area contributed by atoms with Crippen molar-refractivity contribution < 1.29 is 22.7 Å². The van der Waals surface area contributed by atoms with Gasteiger partial charge in [0.1, 0.15) is 6.23 Å². The third-order valence-electron chi connectivity index (χ3n) is 4.91. The van der Waals surface area contributed by atoms with Crippen LogP contribution in [0.1, 0.15) is 32.1 Å². The molecule has 10 heteroatoms. The van der Waals surface area contributed by atoms with Crippen LogP contribution in [0.4, 0.5) is 0 Å². The molecule has 0 bridgehead atoms. The maximum absolute atomic E-state index is 12.9. The van der Waals surface area contributed by atoms with Crippen molar-refractivity contribution in [3.05, 3.63) is 29.3 Å². The highest BCUT2D eigenvalue weighted by Crippen LogP contribution is 2.23. The van der Waals surface area contributed by atoms with Crippen LogP contribution in [0.2, 0.25) is 5.02 Å². The first-order chi connectivity index (χ1) is 13.4. The van der Waals surface area contributed by atoms with Crippen LogP contribution in [0.25, 0.3) is 0 Å². The number of nitrogens with zero attached hydrogens (tertiary/aromatic N) is 1. The minimum Gasteiger partial charge on any atom is -0.360 e. The second-order valence-corrected chi connectivity index (χ2v) is 9.24. The summed E-state index contributed by atoms with van der Waals surface area (Å²) in [6.45, 7) is 0.533. The minimum absolute atomic E-state index is 0.0333. The average Bonchev–Trinajstić information content (AvgIpc) is 3.19. The Bertz CT molecular complexity index is 809. The molecule has 1 aromatic rings. The highest BCUT2D eigenvalue weighted by molar-refractivity contribution is 7.89. The second-order valence-electron chi connectivity index (χ2n) is 6.91. The minimum atomic E-state index is -3.82. The van der Waals surface area contributed by atoms with Gasteiger partial charge in [0.2, 0.25) is 10.0 Å². The van der Waals surface area contributed by atoms with Crippen LogP contribution in [-0.2, 0) is 24.3 Å². The van der Waals surface area contributed by atoms with Gasteiger partial charge in [0, 0.05) is 17.6 Å². The largest absolute Gasteiger partial charge is 0.360 e. The van der Waals surface area contributed by atoms with E-state index in [9.17, 15) is 18.0 Å². The summed E-state index contributed by atoms with van der Waals surface area (Å²) in [5.41, 5.74) is 0. The van der Waals surface area contributed by atoms with Gasteiger partial charge in [0.25, 0.3) is 0 Å². The van der Waals surface area contributed by atoms with Crippen LogP contribution in [0.15, 0.2) is 29.2 Å². The lowest BCUT2D eigenvalue weighted by molar-refractivity contribution is -0.140. The van der Waals surface area contributed by atoms with Crippen molar-refractivity contribution in [2.45, 2.75) is 49.3 Å². The Balaban J connectivity index is 1.62. The molecule has 1 aliphatic heterocycles. The summed E-state index contributed by atoms with van der Waals surface area (Å²) in [4.78, 5) is 24.2. The SMILES string of the molecule is O=C(NCC1OCCCN1S(=O)(=O)c1ccc(Cl)cc1)C(=O)NC1CCCC1. The molecule has 0 aromatic heterocycles. The van der Waals surface area contributed by atoms with Crippen molar-refractivity contribution in [2.75, 3.05) is 19.7 Å². The zero-order chi connectivity index (χ0) is 20.1. The first-order valence-electron chi connectivity index (χ1n) is 9.35. The zero-order valence-electron chi connectivity index (χ0n) is 15.4. The topological polar surface area (TPSA) is 105 Å². The standard InChI is InChI=1S/C18H24ClN3O5S/c19-13-6-8-15(9-7-13)28(25,26)22-10-3-11-27-16(22)12-20-17(23)18(24)21-14-4-1-2-5-14/h6-9,14,16H,1-5,10-12H2,(H,20,23)(H,21,24). The Morgan fingerprint density at radius 3 is 2.46 bits per heavy atom. The highest BCUT2D eigenvalue weighted by atomic mass is 35.5. The normalized spacial score (nSPS) is 21.4. The molecular weight excluding hydrogens is 406 g/mol. The van der Waals surface area contributed by atoms with E-state index in [-0.39, 0.29) is 24.0 Å². The number of carbonyl (C=O) groups is 2. The fraction of sp³-hybridized carbons (Fsp3) is 0.556. The predicted molar refractivity (Wildman–Crippen MR) is 103 cm³/mol. The maximum atomic E-state index is 12.9. The van der Waals surface area contributed by atoms with E-state index in [2.05, 4.69) is 10.6 Å². The molecule has 1 heterocycles. The Hall–Kier alpha value is -1.68. The van der Waals surface area contributed by atoms with Crippen LogP contribution in [0.5, 0.6) is 0 Å². The summed E-state index contributed by atoms with van der Waals surface area (Å²) in [6, 6.07) is 5.90. The molecule has 1 atom stereocenters. The molecule has 1 aliphatic carbocycles. The summed E-state index contributed by atoms with van der Waals surface area (Å²) in [7, 11) is -3.82. The lowest BCUT2D eigenvalue weighted by atomic mass is 10.2. The van der Waals surface area contributed by atoms with Crippen LogP contribution in [0, 0.1) is 0 Å².